The lowest BCUT2D eigenvalue weighted by molar-refractivity contribution is -0.304. The van der Waals surface area contributed by atoms with Gasteiger partial charge in [0.05, 0.1) is 0 Å². The summed E-state index contributed by atoms with van der Waals surface area (Å²) in [6, 6.07) is 3.72. The number of hydrogen-bond donors (Lipinski definition) is 3. The van der Waals surface area contributed by atoms with Crippen molar-refractivity contribution in [3.05, 3.63) is 23.8 Å². The lowest BCUT2D eigenvalue weighted by Gasteiger charge is -2.04. The van der Waals surface area contributed by atoms with Crippen LogP contribution < -0.4 is 11.3 Å². The molecule has 72 valence electrons. The van der Waals surface area contributed by atoms with Gasteiger partial charge in [0.15, 0.2) is 0 Å². The minimum absolute atomic E-state index is 0. The highest BCUT2D eigenvalue weighted by molar-refractivity contribution is 5.69. The van der Waals surface area contributed by atoms with Crippen molar-refractivity contribution < 1.29 is 20.1 Å². The molecule has 0 radical (unpaired) electrons. The molecule has 5 heteroatoms. The molecular weight excluding hydrogens is 174 g/mol. The minimum Gasteiger partial charge on any atom is -0.550 e. The van der Waals surface area contributed by atoms with Crippen LogP contribution >= 0.6 is 0 Å². The van der Waals surface area contributed by atoms with Gasteiger partial charge in [-0.15, -0.1) is 0 Å². The van der Waals surface area contributed by atoms with Crippen LogP contribution in [-0.2, 0) is 11.2 Å². The molecule has 6 N–H and O–H groups in total. The number of rotatable bonds is 2. The number of carboxylic acid groups (broad SMARTS) is 1. The molecule has 0 bridgehead atoms. The Morgan fingerprint density at radius 1 is 1.38 bits per heavy atom. The van der Waals surface area contributed by atoms with Gasteiger partial charge in [0.1, 0.15) is 11.5 Å². The van der Waals surface area contributed by atoms with E-state index in [9.17, 15) is 9.90 Å². The van der Waals surface area contributed by atoms with E-state index in [4.69, 9.17) is 10.2 Å². The van der Waals surface area contributed by atoms with Crippen molar-refractivity contribution in [2.75, 3.05) is 0 Å². The average Bonchev–Trinajstić information content (AvgIpc) is 1.94. The van der Waals surface area contributed by atoms with E-state index in [0.717, 1.165) is 6.07 Å². The van der Waals surface area contributed by atoms with Crippen molar-refractivity contribution in [2.24, 2.45) is 0 Å². The van der Waals surface area contributed by atoms with Crippen molar-refractivity contribution in [1.29, 1.82) is 0 Å². The Morgan fingerprint density at radius 2 is 2.00 bits per heavy atom. The molecule has 1 aromatic rings. The van der Waals surface area contributed by atoms with Crippen LogP contribution in [0.2, 0.25) is 0 Å². The average molecular weight is 185 g/mol. The van der Waals surface area contributed by atoms with Gasteiger partial charge < -0.3 is 26.3 Å². The van der Waals surface area contributed by atoms with E-state index in [2.05, 4.69) is 0 Å². The molecule has 0 atom stereocenters. The van der Waals surface area contributed by atoms with Gasteiger partial charge in [-0.05, 0) is 11.6 Å². The molecule has 0 fully saturated rings. The number of carboxylic acids is 1. The number of hydrogen-bond acceptors (Lipinski definition) is 4. The van der Waals surface area contributed by atoms with Crippen LogP contribution in [0.3, 0.4) is 0 Å². The first-order valence-electron chi connectivity index (χ1n) is 3.30. The fourth-order valence-corrected chi connectivity index (χ4v) is 0.857. The normalized spacial score (nSPS) is 8.92. The minimum atomic E-state index is -1.27. The zero-order chi connectivity index (χ0) is 9.14. The Bertz CT molecular complexity index is 311. The van der Waals surface area contributed by atoms with Crippen LogP contribution in [0.5, 0.6) is 11.5 Å². The molecule has 0 amide bonds. The second kappa shape index (κ2) is 4.32. The second-order valence-corrected chi connectivity index (χ2v) is 2.36. The summed E-state index contributed by atoms with van der Waals surface area (Å²) in [5, 5.41) is 28.1. The summed E-state index contributed by atoms with van der Waals surface area (Å²) < 4.78 is 0. The van der Waals surface area contributed by atoms with Gasteiger partial charge >= 0.3 is 0 Å². The van der Waals surface area contributed by atoms with Crippen LogP contribution in [0.4, 0.5) is 0 Å². The van der Waals surface area contributed by atoms with Gasteiger partial charge in [0.2, 0.25) is 0 Å². The zero-order valence-electron chi connectivity index (χ0n) is 7.15. The first kappa shape index (κ1) is 11.2. The second-order valence-electron chi connectivity index (χ2n) is 2.36. The maximum Gasteiger partial charge on any atom is 0.122 e. The van der Waals surface area contributed by atoms with Crippen molar-refractivity contribution in [2.45, 2.75) is 6.42 Å². The monoisotopic (exact) mass is 185 g/mol. The number of benzene rings is 1. The molecule has 1 aromatic carbocycles. The summed E-state index contributed by atoms with van der Waals surface area (Å²) in [4.78, 5) is 10.1. The number of carbonyl (C=O) groups is 1. The van der Waals surface area contributed by atoms with Gasteiger partial charge in [0, 0.05) is 18.5 Å². The predicted octanol–water partition coefficient (Wildman–Crippen LogP) is -0.234. The maximum atomic E-state index is 10.1. The summed E-state index contributed by atoms with van der Waals surface area (Å²) in [7, 11) is 0. The fraction of sp³-hybridized carbons (Fsp3) is 0.125. The Labute approximate surface area is 74.8 Å². The summed E-state index contributed by atoms with van der Waals surface area (Å²) in [6.45, 7) is 0. The predicted molar refractivity (Wildman–Crippen MR) is 44.5 cm³/mol. The van der Waals surface area contributed by atoms with E-state index in [-0.39, 0.29) is 29.6 Å². The lowest BCUT2D eigenvalue weighted by Crippen LogP contribution is -2.24. The highest BCUT2D eigenvalue weighted by atomic mass is 16.4. The first-order valence-corrected chi connectivity index (χ1v) is 3.30. The van der Waals surface area contributed by atoms with Crippen LogP contribution in [0.25, 0.3) is 0 Å². The third kappa shape index (κ3) is 3.00. The summed E-state index contributed by atoms with van der Waals surface area (Å²) in [5.74, 6) is -1.61. The molecule has 0 heterocycles. The molecule has 0 saturated heterocycles. The lowest BCUT2D eigenvalue weighted by atomic mass is 10.1. The largest absolute Gasteiger partial charge is 0.550 e. The molecule has 1 rings (SSSR count). The van der Waals surface area contributed by atoms with Crippen molar-refractivity contribution in [1.82, 2.24) is 6.15 Å². The molecule has 0 unspecified atom stereocenters. The molecule has 5 nitrogen and oxygen atoms in total. The van der Waals surface area contributed by atoms with Crippen molar-refractivity contribution in [3.8, 4) is 11.5 Å². The molecule has 0 aliphatic rings. The van der Waals surface area contributed by atoms with Gasteiger partial charge in [-0.2, -0.15) is 0 Å². The Hall–Kier alpha value is -1.75. The quantitative estimate of drug-likeness (QED) is 0.589. The molecular formula is C8H11NO4. The third-order valence-corrected chi connectivity index (χ3v) is 1.40. The smallest absolute Gasteiger partial charge is 0.122 e. The highest BCUT2D eigenvalue weighted by Gasteiger charge is 2.01. The number of phenols is 2. The van der Waals surface area contributed by atoms with E-state index in [1.807, 2.05) is 0 Å². The van der Waals surface area contributed by atoms with Gasteiger partial charge in [0.25, 0.3) is 0 Å². The Morgan fingerprint density at radius 3 is 2.46 bits per heavy atom. The summed E-state index contributed by atoms with van der Waals surface area (Å²) in [5.41, 5.74) is 0.229. The molecule has 0 saturated carbocycles. The van der Waals surface area contributed by atoms with Gasteiger partial charge in [-0.1, -0.05) is 6.07 Å². The van der Waals surface area contributed by atoms with E-state index in [1.165, 1.54) is 12.1 Å². The molecule has 0 aliphatic heterocycles. The van der Waals surface area contributed by atoms with E-state index < -0.39 is 5.97 Å². The number of aliphatic carboxylic acids is 1. The molecule has 0 aliphatic carbocycles. The maximum absolute atomic E-state index is 10.1. The number of carbonyl (C=O) groups excluding carboxylic acids is 1. The summed E-state index contributed by atoms with van der Waals surface area (Å²) in [6.07, 6.45) is -0.355. The van der Waals surface area contributed by atoms with Crippen LogP contribution in [0.15, 0.2) is 18.2 Å². The zero-order valence-corrected chi connectivity index (χ0v) is 7.15. The van der Waals surface area contributed by atoms with E-state index in [0.29, 0.717) is 0 Å². The number of aromatic hydroxyl groups is 2. The van der Waals surface area contributed by atoms with Gasteiger partial charge in [-0.3, -0.25) is 0 Å². The SMILES string of the molecule is O=C([O-])Cc1ccc(O)cc1O.[NH4+]. The fourth-order valence-electron chi connectivity index (χ4n) is 0.857. The van der Waals surface area contributed by atoms with Crippen molar-refractivity contribution in [3.63, 3.8) is 0 Å². The molecule has 0 spiro atoms. The summed E-state index contributed by atoms with van der Waals surface area (Å²) >= 11 is 0. The van der Waals surface area contributed by atoms with Crippen molar-refractivity contribution >= 4 is 5.97 Å². The van der Waals surface area contributed by atoms with E-state index in [1.54, 1.807) is 0 Å². The molecule has 13 heavy (non-hydrogen) atoms. The Balaban J connectivity index is 0.00000144. The van der Waals surface area contributed by atoms with Crippen LogP contribution in [0, 0.1) is 0 Å². The van der Waals surface area contributed by atoms with Crippen LogP contribution in [-0.4, -0.2) is 16.2 Å². The highest BCUT2D eigenvalue weighted by Crippen LogP contribution is 2.22. The Kier molecular flexibility index (Phi) is 3.74. The van der Waals surface area contributed by atoms with E-state index >= 15 is 0 Å². The topological polar surface area (TPSA) is 117 Å². The third-order valence-electron chi connectivity index (χ3n) is 1.40. The number of phenolic OH excluding ortho intramolecular Hbond substituents is 2. The van der Waals surface area contributed by atoms with Crippen LogP contribution in [0.1, 0.15) is 5.56 Å². The standard InChI is InChI=1S/C8H8O4.H3N/c9-6-2-1-5(3-8(11)12)7(10)4-6;/h1-2,4,9-10H,3H2,(H,11,12);1H3. The van der Waals surface area contributed by atoms with Gasteiger partial charge in [-0.25, -0.2) is 0 Å². The molecule has 0 aromatic heterocycles. The first-order chi connectivity index (χ1) is 5.59. The number of quaternary nitrogens is 1.